The lowest BCUT2D eigenvalue weighted by Crippen LogP contribution is -1.87. The van der Waals surface area contributed by atoms with Crippen LogP contribution in [0, 0.1) is 0 Å². The van der Waals surface area contributed by atoms with Crippen LogP contribution in [0.15, 0.2) is 54.3 Å². The topological polar surface area (TPSA) is 101 Å². The quantitative estimate of drug-likeness (QED) is 0.469. The SMILES string of the molecule is Cn1cc(-c2ccc3[nH]nc(-c4nc5c(-c6cccs6)nccc5[nH]4)c3n2)cn1. The van der Waals surface area contributed by atoms with Crippen molar-refractivity contribution in [2.45, 2.75) is 0 Å². The Morgan fingerprint density at radius 2 is 1.93 bits per heavy atom. The maximum atomic E-state index is 4.82. The second-order valence-corrected chi connectivity index (χ2v) is 7.63. The Balaban J connectivity index is 1.53. The van der Waals surface area contributed by atoms with Gasteiger partial charge in [0.15, 0.2) is 11.5 Å². The van der Waals surface area contributed by atoms with Crippen LogP contribution in [0.3, 0.4) is 0 Å². The van der Waals surface area contributed by atoms with Crippen LogP contribution in [-0.4, -0.2) is 39.9 Å². The highest BCUT2D eigenvalue weighted by Gasteiger charge is 2.17. The van der Waals surface area contributed by atoms with Crippen molar-refractivity contribution in [1.82, 2.24) is 39.9 Å². The molecule has 2 N–H and O–H groups in total. The van der Waals surface area contributed by atoms with Gasteiger partial charge < -0.3 is 4.98 Å². The minimum absolute atomic E-state index is 0.660. The van der Waals surface area contributed by atoms with Gasteiger partial charge in [-0.2, -0.15) is 10.2 Å². The molecule has 6 heterocycles. The molecule has 6 aromatic rings. The van der Waals surface area contributed by atoms with Gasteiger partial charge in [-0.15, -0.1) is 11.3 Å². The van der Waals surface area contributed by atoms with Crippen molar-refractivity contribution < 1.29 is 0 Å². The number of imidazole rings is 1. The number of H-pyrrole nitrogens is 2. The van der Waals surface area contributed by atoms with E-state index in [0.29, 0.717) is 11.5 Å². The van der Waals surface area contributed by atoms with Gasteiger partial charge in [-0.1, -0.05) is 6.07 Å². The Morgan fingerprint density at radius 3 is 2.76 bits per heavy atom. The van der Waals surface area contributed by atoms with Crippen LogP contribution in [0.5, 0.6) is 0 Å². The summed E-state index contributed by atoms with van der Waals surface area (Å²) in [5, 5.41) is 13.8. The summed E-state index contributed by atoms with van der Waals surface area (Å²) in [5.41, 5.74) is 6.69. The van der Waals surface area contributed by atoms with Crippen molar-refractivity contribution >= 4 is 33.4 Å². The standard InChI is InChI=1S/C20H14N8S/c1-28-10-11(9-22-28)12-4-5-14-17(23-12)19(27-26-14)20-24-13-6-7-21-18(16(13)25-20)15-3-2-8-29-15/h2-10H,1H3,(H,24,25)(H,26,27). The van der Waals surface area contributed by atoms with Gasteiger partial charge >= 0.3 is 0 Å². The van der Waals surface area contributed by atoms with Gasteiger partial charge in [0, 0.05) is 25.0 Å². The van der Waals surface area contributed by atoms with Crippen molar-refractivity contribution in [3.8, 4) is 33.3 Å². The summed E-state index contributed by atoms with van der Waals surface area (Å²) >= 11 is 1.64. The lowest BCUT2D eigenvalue weighted by Gasteiger charge is -1.97. The molecule has 0 spiro atoms. The first kappa shape index (κ1) is 16.1. The summed E-state index contributed by atoms with van der Waals surface area (Å²) in [7, 11) is 1.89. The minimum atomic E-state index is 0.660. The number of hydrogen-bond acceptors (Lipinski definition) is 6. The molecule has 0 aliphatic carbocycles. The zero-order valence-corrected chi connectivity index (χ0v) is 16.1. The molecule has 0 saturated heterocycles. The molecule has 8 nitrogen and oxygen atoms in total. The lowest BCUT2D eigenvalue weighted by molar-refractivity contribution is 0.768. The van der Waals surface area contributed by atoms with Crippen LogP contribution < -0.4 is 0 Å². The molecule has 6 aromatic heterocycles. The first-order chi connectivity index (χ1) is 14.3. The molecule has 6 rings (SSSR count). The highest BCUT2D eigenvalue weighted by molar-refractivity contribution is 7.13. The van der Waals surface area contributed by atoms with Crippen molar-refractivity contribution in [3.05, 3.63) is 54.3 Å². The Hall–Kier alpha value is -3.85. The molecule has 140 valence electrons. The van der Waals surface area contributed by atoms with Crippen LogP contribution in [0.2, 0.25) is 0 Å². The van der Waals surface area contributed by atoms with Crippen LogP contribution >= 0.6 is 11.3 Å². The van der Waals surface area contributed by atoms with E-state index < -0.39 is 0 Å². The van der Waals surface area contributed by atoms with Crippen LogP contribution in [0.1, 0.15) is 0 Å². The fraction of sp³-hybridized carbons (Fsp3) is 0.0500. The summed E-state index contributed by atoms with van der Waals surface area (Å²) in [6.07, 6.45) is 5.53. The Morgan fingerprint density at radius 1 is 1.00 bits per heavy atom. The molecule has 0 fully saturated rings. The van der Waals surface area contributed by atoms with Gasteiger partial charge in [-0.05, 0) is 29.6 Å². The Bertz CT molecular complexity index is 1470. The maximum absolute atomic E-state index is 4.82. The van der Waals surface area contributed by atoms with E-state index in [1.54, 1.807) is 28.4 Å². The van der Waals surface area contributed by atoms with E-state index in [9.17, 15) is 0 Å². The number of aromatic amines is 2. The molecule has 0 saturated carbocycles. The molecule has 9 heteroatoms. The van der Waals surface area contributed by atoms with E-state index in [0.717, 1.165) is 43.9 Å². The number of aryl methyl sites for hydroxylation is 1. The number of nitrogens with zero attached hydrogens (tertiary/aromatic N) is 6. The first-order valence-corrected chi connectivity index (χ1v) is 9.87. The molecule has 0 aliphatic rings. The Labute approximate surface area is 168 Å². The van der Waals surface area contributed by atoms with E-state index in [1.165, 1.54) is 0 Å². The average molecular weight is 398 g/mol. The number of hydrogen-bond donors (Lipinski definition) is 2. The third kappa shape index (κ3) is 2.55. The first-order valence-electron chi connectivity index (χ1n) is 8.99. The molecule has 0 aromatic carbocycles. The van der Waals surface area contributed by atoms with E-state index >= 15 is 0 Å². The molecular weight excluding hydrogens is 384 g/mol. The van der Waals surface area contributed by atoms with Gasteiger partial charge in [-0.25, -0.2) is 9.97 Å². The van der Waals surface area contributed by atoms with Gasteiger partial charge in [0.1, 0.15) is 16.7 Å². The maximum Gasteiger partial charge on any atom is 0.161 e. The van der Waals surface area contributed by atoms with E-state index in [-0.39, 0.29) is 0 Å². The number of aromatic nitrogens is 8. The second kappa shape index (κ2) is 6.08. The highest BCUT2D eigenvalue weighted by atomic mass is 32.1. The Kier molecular flexibility index (Phi) is 3.38. The number of rotatable bonds is 3. The fourth-order valence-corrected chi connectivity index (χ4v) is 4.14. The van der Waals surface area contributed by atoms with Crippen molar-refractivity contribution in [1.29, 1.82) is 0 Å². The predicted octanol–water partition coefficient (Wildman–Crippen LogP) is 4.03. The molecule has 0 radical (unpaired) electrons. The lowest BCUT2D eigenvalue weighted by atomic mass is 10.2. The summed E-state index contributed by atoms with van der Waals surface area (Å²) < 4.78 is 1.76. The molecule has 0 atom stereocenters. The van der Waals surface area contributed by atoms with E-state index in [1.807, 2.05) is 49.0 Å². The predicted molar refractivity (Wildman–Crippen MR) is 112 cm³/mol. The van der Waals surface area contributed by atoms with Gasteiger partial charge in [0.2, 0.25) is 0 Å². The van der Waals surface area contributed by atoms with Gasteiger partial charge in [0.05, 0.1) is 27.8 Å². The van der Waals surface area contributed by atoms with Gasteiger partial charge in [-0.3, -0.25) is 14.8 Å². The fourth-order valence-electron chi connectivity index (χ4n) is 3.42. The molecule has 0 aliphatic heterocycles. The highest BCUT2D eigenvalue weighted by Crippen LogP contribution is 2.32. The second-order valence-electron chi connectivity index (χ2n) is 6.69. The largest absolute Gasteiger partial charge is 0.336 e. The molecule has 0 unspecified atom stereocenters. The summed E-state index contributed by atoms with van der Waals surface area (Å²) in [6, 6.07) is 9.92. The number of pyridine rings is 2. The van der Waals surface area contributed by atoms with Crippen LogP contribution in [-0.2, 0) is 7.05 Å². The van der Waals surface area contributed by atoms with Crippen molar-refractivity contribution in [2.24, 2.45) is 7.05 Å². The molecule has 29 heavy (non-hydrogen) atoms. The van der Waals surface area contributed by atoms with Crippen LogP contribution in [0.4, 0.5) is 0 Å². The summed E-state index contributed by atoms with van der Waals surface area (Å²) in [4.78, 5) is 18.6. The monoisotopic (exact) mass is 398 g/mol. The summed E-state index contributed by atoms with van der Waals surface area (Å²) in [6.45, 7) is 0. The molecule has 0 amide bonds. The zero-order valence-electron chi connectivity index (χ0n) is 15.3. The average Bonchev–Trinajstić information content (AvgIpc) is 3.51. The third-order valence-electron chi connectivity index (χ3n) is 4.79. The molecular formula is C20H14N8S. The normalized spacial score (nSPS) is 11.6. The van der Waals surface area contributed by atoms with Gasteiger partial charge in [0.25, 0.3) is 0 Å². The minimum Gasteiger partial charge on any atom is -0.336 e. The van der Waals surface area contributed by atoms with Crippen LogP contribution in [0.25, 0.3) is 55.4 Å². The number of thiophene rings is 1. The van der Waals surface area contributed by atoms with Crippen molar-refractivity contribution in [3.63, 3.8) is 0 Å². The molecule has 0 bridgehead atoms. The number of fused-ring (bicyclic) bond motifs is 2. The van der Waals surface area contributed by atoms with E-state index in [4.69, 9.17) is 9.97 Å². The zero-order chi connectivity index (χ0) is 19.4. The summed E-state index contributed by atoms with van der Waals surface area (Å²) in [5.74, 6) is 0.660. The smallest absolute Gasteiger partial charge is 0.161 e. The van der Waals surface area contributed by atoms with E-state index in [2.05, 4.69) is 25.3 Å². The van der Waals surface area contributed by atoms with Crippen molar-refractivity contribution in [2.75, 3.05) is 0 Å². The third-order valence-corrected chi connectivity index (χ3v) is 5.66. The number of nitrogens with one attached hydrogen (secondary N) is 2.